The Morgan fingerprint density at radius 3 is 2.62 bits per heavy atom. The predicted octanol–water partition coefficient (Wildman–Crippen LogP) is 3.41. The monoisotopic (exact) mass is 299 g/mol. The summed E-state index contributed by atoms with van der Waals surface area (Å²) >= 11 is 0. The molecular formula is C14H13F4N3. The number of benzene rings is 1. The number of nitrogens with zero attached hydrogens (tertiary/aromatic N) is 2. The van der Waals surface area contributed by atoms with Gasteiger partial charge in [0.15, 0.2) is 5.82 Å². The van der Waals surface area contributed by atoms with Crippen LogP contribution in [0, 0.1) is 5.82 Å². The fraction of sp³-hybridized carbons (Fsp3) is 0.286. The average Bonchev–Trinajstić information content (AvgIpc) is 2.44. The lowest BCUT2D eigenvalue weighted by Gasteiger charge is -2.12. The van der Waals surface area contributed by atoms with Crippen molar-refractivity contribution in [3.63, 3.8) is 0 Å². The summed E-state index contributed by atoms with van der Waals surface area (Å²) in [5.74, 6) is -1.02. The first-order chi connectivity index (χ1) is 9.91. The molecule has 0 amide bonds. The summed E-state index contributed by atoms with van der Waals surface area (Å²) in [7, 11) is 0. The van der Waals surface area contributed by atoms with Crippen molar-refractivity contribution in [3.05, 3.63) is 47.5 Å². The second-order valence-corrected chi connectivity index (χ2v) is 4.34. The van der Waals surface area contributed by atoms with Crippen LogP contribution in [0.4, 0.5) is 17.6 Å². The Kier molecular flexibility index (Phi) is 4.52. The van der Waals surface area contributed by atoms with Crippen LogP contribution in [0.15, 0.2) is 30.5 Å². The van der Waals surface area contributed by atoms with Gasteiger partial charge in [-0.3, -0.25) is 0 Å². The van der Waals surface area contributed by atoms with Crippen LogP contribution in [-0.2, 0) is 12.7 Å². The molecule has 1 heterocycles. The molecule has 7 heteroatoms. The highest BCUT2D eigenvalue weighted by Crippen LogP contribution is 2.36. The molecular weight excluding hydrogens is 286 g/mol. The minimum Gasteiger partial charge on any atom is -0.311 e. The molecule has 0 bridgehead atoms. The minimum absolute atomic E-state index is 0.0715. The molecule has 1 aromatic carbocycles. The number of nitrogens with one attached hydrogen (secondary N) is 1. The molecule has 1 N–H and O–H groups in total. The van der Waals surface area contributed by atoms with Crippen LogP contribution in [0.2, 0.25) is 0 Å². The highest BCUT2D eigenvalue weighted by molar-refractivity contribution is 5.61. The van der Waals surface area contributed by atoms with E-state index in [0.29, 0.717) is 24.8 Å². The van der Waals surface area contributed by atoms with E-state index in [-0.39, 0.29) is 11.4 Å². The first kappa shape index (κ1) is 15.4. The molecule has 0 saturated carbocycles. The fourth-order valence-electron chi connectivity index (χ4n) is 1.82. The summed E-state index contributed by atoms with van der Waals surface area (Å²) in [5.41, 5.74) is -0.746. The molecule has 1 aromatic heterocycles. The third-order valence-electron chi connectivity index (χ3n) is 2.80. The first-order valence-electron chi connectivity index (χ1n) is 6.31. The first-order valence-corrected chi connectivity index (χ1v) is 6.31. The van der Waals surface area contributed by atoms with Crippen molar-refractivity contribution in [1.29, 1.82) is 0 Å². The molecule has 0 unspecified atom stereocenters. The summed E-state index contributed by atoms with van der Waals surface area (Å²) in [6.07, 6.45) is -3.28. The van der Waals surface area contributed by atoms with Crippen molar-refractivity contribution in [3.8, 4) is 11.4 Å². The van der Waals surface area contributed by atoms with Crippen LogP contribution in [0.5, 0.6) is 0 Å². The molecule has 21 heavy (non-hydrogen) atoms. The number of rotatable bonds is 4. The Bertz CT molecular complexity index is 626. The van der Waals surface area contributed by atoms with E-state index in [0.717, 1.165) is 12.1 Å². The number of aromatic nitrogens is 2. The van der Waals surface area contributed by atoms with Crippen LogP contribution in [0.3, 0.4) is 0 Å². The molecule has 2 rings (SSSR count). The van der Waals surface area contributed by atoms with Crippen LogP contribution in [0.1, 0.15) is 18.2 Å². The predicted molar refractivity (Wildman–Crippen MR) is 69.8 cm³/mol. The van der Waals surface area contributed by atoms with Gasteiger partial charge in [0.1, 0.15) is 5.82 Å². The molecule has 3 nitrogen and oxygen atoms in total. The number of alkyl halides is 3. The van der Waals surface area contributed by atoms with Crippen molar-refractivity contribution in [2.75, 3.05) is 6.54 Å². The Labute approximate surface area is 119 Å². The maximum Gasteiger partial charge on any atom is 0.417 e. The van der Waals surface area contributed by atoms with Crippen LogP contribution < -0.4 is 5.32 Å². The second-order valence-electron chi connectivity index (χ2n) is 4.34. The molecule has 0 saturated heterocycles. The standard InChI is InChI=1S/C14H13F4N3/c1-2-19-8-10-5-6-20-13(21-10)11-4-3-9(15)7-12(11)14(16,17)18/h3-7,19H,2,8H2,1H3. The highest BCUT2D eigenvalue weighted by Gasteiger charge is 2.34. The number of halogens is 4. The van der Waals surface area contributed by atoms with E-state index in [2.05, 4.69) is 15.3 Å². The molecule has 2 aromatic rings. The van der Waals surface area contributed by atoms with Gasteiger partial charge in [-0.25, -0.2) is 14.4 Å². The fourth-order valence-corrected chi connectivity index (χ4v) is 1.82. The summed E-state index contributed by atoms with van der Waals surface area (Å²) in [6, 6.07) is 4.08. The van der Waals surface area contributed by atoms with Crippen LogP contribution in [0.25, 0.3) is 11.4 Å². The van der Waals surface area contributed by atoms with Gasteiger partial charge >= 0.3 is 6.18 Å². The lowest BCUT2D eigenvalue weighted by molar-refractivity contribution is -0.137. The number of hydrogen-bond acceptors (Lipinski definition) is 3. The zero-order valence-electron chi connectivity index (χ0n) is 11.2. The molecule has 0 radical (unpaired) electrons. The Morgan fingerprint density at radius 2 is 1.95 bits per heavy atom. The average molecular weight is 299 g/mol. The highest BCUT2D eigenvalue weighted by atomic mass is 19.4. The second kappa shape index (κ2) is 6.17. The Hall–Kier alpha value is -2.02. The van der Waals surface area contributed by atoms with E-state index in [9.17, 15) is 17.6 Å². The van der Waals surface area contributed by atoms with Gasteiger partial charge in [-0.05, 0) is 30.8 Å². The van der Waals surface area contributed by atoms with Gasteiger partial charge in [0.25, 0.3) is 0 Å². The van der Waals surface area contributed by atoms with Crippen molar-refractivity contribution >= 4 is 0 Å². The lowest BCUT2D eigenvalue weighted by Crippen LogP contribution is -2.14. The SMILES string of the molecule is CCNCc1ccnc(-c2ccc(F)cc2C(F)(F)F)n1. The Balaban J connectivity index is 2.47. The summed E-state index contributed by atoms with van der Waals surface area (Å²) in [6.45, 7) is 3.04. The van der Waals surface area contributed by atoms with Gasteiger partial charge in [-0.2, -0.15) is 13.2 Å². The summed E-state index contributed by atoms with van der Waals surface area (Å²) in [4.78, 5) is 7.95. The largest absolute Gasteiger partial charge is 0.417 e. The molecule has 0 aliphatic rings. The third kappa shape index (κ3) is 3.75. The number of hydrogen-bond donors (Lipinski definition) is 1. The van der Waals surface area contributed by atoms with Crippen LogP contribution >= 0.6 is 0 Å². The normalized spacial score (nSPS) is 11.7. The van der Waals surface area contributed by atoms with Crippen LogP contribution in [-0.4, -0.2) is 16.5 Å². The molecule has 0 spiro atoms. The lowest BCUT2D eigenvalue weighted by atomic mass is 10.1. The van der Waals surface area contributed by atoms with Gasteiger partial charge < -0.3 is 5.32 Å². The van der Waals surface area contributed by atoms with E-state index in [1.165, 1.54) is 6.20 Å². The van der Waals surface area contributed by atoms with Crippen molar-refractivity contribution in [1.82, 2.24) is 15.3 Å². The van der Waals surface area contributed by atoms with E-state index < -0.39 is 17.6 Å². The van der Waals surface area contributed by atoms with E-state index in [1.807, 2.05) is 6.92 Å². The maximum absolute atomic E-state index is 13.1. The summed E-state index contributed by atoms with van der Waals surface area (Å²) in [5, 5.41) is 3.02. The van der Waals surface area contributed by atoms with Crippen molar-refractivity contribution in [2.45, 2.75) is 19.6 Å². The summed E-state index contributed by atoms with van der Waals surface area (Å²) < 4.78 is 52.0. The third-order valence-corrected chi connectivity index (χ3v) is 2.80. The van der Waals surface area contributed by atoms with Gasteiger partial charge in [0.2, 0.25) is 0 Å². The minimum atomic E-state index is -4.67. The van der Waals surface area contributed by atoms with Gasteiger partial charge in [-0.15, -0.1) is 0 Å². The topological polar surface area (TPSA) is 37.8 Å². The van der Waals surface area contributed by atoms with Crippen molar-refractivity contribution < 1.29 is 17.6 Å². The molecule has 0 aliphatic heterocycles. The molecule has 0 aliphatic carbocycles. The molecule has 0 fully saturated rings. The Morgan fingerprint density at radius 1 is 1.19 bits per heavy atom. The van der Waals surface area contributed by atoms with Gasteiger partial charge in [0, 0.05) is 18.3 Å². The van der Waals surface area contributed by atoms with Gasteiger partial charge in [0.05, 0.1) is 11.3 Å². The zero-order chi connectivity index (χ0) is 15.5. The smallest absolute Gasteiger partial charge is 0.311 e. The van der Waals surface area contributed by atoms with Gasteiger partial charge in [-0.1, -0.05) is 6.92 Å². The van der Waals surface area contributed by atoms with Crippen molar-refractivity contribution in [2.24, 2.45) is 0 Å². The van der Waals surface area contributed by atoms with E-state index in [1.54, 1.807) is 6.07 Å². The van der Waals surface area contributed by atoms with E-state index >= 15 is 0 Å². The quantitative estimate of drug-likeness (QED) is 0.879. The molecule has 0 atom stereocenters. The zero-order valence-corrected chi connectivity index (χ0v) is 11.2. The molecule has 112 valence electrons. The maximum atomic E-state index is 13.1. The van der Waals surface area contributed by atoms with E-state index in [4.69, 9.17) is 0 Å².